The second-order valence-corrected chi connectivity index (χ2v) is 4.56. The van der Waals surface area contributed by atoms with E-state index in [9.17, 15) is 14.3 Å². The lowest BCUT2D eigenvalue weighted by atomic mass is 10.1. The third-order valence-corrected chi connectivity index (χ3v) is 3.12. The minimum atomic E-state index is -0.643. The average molecular weight is 300 g/mol. The number of aromatic hydroxyl groups is 1. The molecule has 98 valence electrons. The van der Waals surface area contributed by atoms with Crippen LogP contribution in [0, 0.1) is 5.82 Å². The molecule has 2 aromatic rings. The quantitative estimate of drug-likeness (QED) is 0.877. The van der Waals surface area contributed by atoms with Crippen molar-refractivity contribution >= 4 is 34.8 Å². The Labute approximate surface area is 118 Å². The molecule has 0 radical (unpaired) electrons. The van der Waals surface area contributed by atoms with Gasteiger partial charge in [-0.3, -0.25) is 4.79 Å². The Morgan fingerprint density at radius 3 is 2.53 bits per heavy atom. The zero-order valence-corrected chi connectivity index (χ0v) is 11.0. The average Bonchev–Trinajstić information content (AvgIpc) is 2.36. The van der Waals surface area contributed by atoms with Gasteiger partial charge in [0.15, 0.2) is 0 Å². The van der Waals surface area contributed by atoms with E-state index in [-0.39, 0.29) is 16.3 Å². The van der Waals surface area contributed by atoms with Gasteiger partial charge in [0.25, 0.3) is 5.91 Å². The topological polar surface area (TPSA) is 49.3 Å². The van der Waals surface area contributed by atoms with Gasteiger partial charge in [-0.2, -0.15) is 0 Å². The molecule has 1 amide bonds. The largest absolute Gasteiger partial charge is 0.507 e. The molecule has 2 N–H and O–H groups in total. The number of phenols is 1. The van der Waals surface area contributed by atoms with Crippen molar-refractivity contribution in [2.45, 2.75) is 0 Å². The van der Waals surface area contributed by atoms with Gasteiger partial charge in [0.1, 0.15) is 11.6 Å². The molecule has 0 aromatic heterocycles. The highest BCUT2D eigenvalue weighted by Crippen LogP contribution is 2.26. The maximum atomic E-state index is 13.0. The second kappa shape index (κ2) is 5.47. The summed E-state index contributed by atoms with van der Waals surface area (Å²) in [5.74, 6) is -1.56. The number of phenolic OH excluding ortho intramolecular Hbond substituents is 1. The lowest BCUT2D eigenvalue weighted by Crippen LogP contribution is -2.12. The Bertz CT molecular complexity index is 647. The summed E-state index contributed by atoms with van der Waals surface area (Å²) >= 11 is 11.6. The van der Waals surface area contributed by atoms with Crippen molar-refractivity contribution < 1.29 is 14.3 Å². The molecule has 0 spiro atoms. The van der Waals surface area contributed by atoms with Crippen LogP contribution in [0.4, 0.5) is 10.1 Å². The Kier molecular flexibility index (Phi) is 3.93. The van der Waals surface area contributed by atoms with E-state index in [1.54, 1.807) is 6.07 Å². The van der Waals surface area contributed by atoms with Gasteiger partial charge in [-0.15, -0.1) is 0 Å². The number of hydrogen-bond donors (Lipinski definition) is 2. The van der Waals surface area contributed by atoms with Gasteiger partial charge in [-0.1, -0.05) is 23.2 Å². The highest BCUT2D eigenvalue weighted by atomic mass is 35.5. The van der Waals surface area contributed by atoms with Crippen molar-refractivity contribution in [1.82, 2.24) is 0 Å². The third kappa shape index (κ3) is 3.16. The number of nitrogens with one attached hydrogen (secondary N) is 1. The molecule has 0 unspecified atom stereocenters. The van der Waals surface area contributed by atoms with Crippen LogP contribution in [0.2, 0.25) is 10.0 Å². The molecule has 0 aliphatic heterocycles. The van der Waals surface area contributed by atoms with Crippen LogP contribution in [0.15, 0.2) is 36.4 Å². The molecule has 2 rings (SSSR count). The Morgan fingerprint density at radius 2 is 1.84 bits per heavy atom. The van der Waals surface area contributed by atoms with Crippen molar-refractivity contribution in [3.63, 3.8) is 0 Å². The summed E-state index contributed by atoms with van der Waals surface area (Å²) in [5.41, 5.74) is 0.231. The standard InChI is InChI=1S/C13H8Cl2FNO2/c14-10-3-2-8(6-11(10)15)17-13(19)9-5-7(16)1-4-12(9)18/h1-6,18H,(H,17,19). The van der Waals surface area contributed by atoms with Gasteiger partial charge in [-0.25, -0.2) is 4.39 Å². The molecule has 0 saturated heterocycles. The maximum absolute atomic E-state index is 13.0. The minimum Gasteiger partial charge on any atom is -0.507 e. The first-order valence-corrected chi connectivity index (χ1v) is 5.98. The highest BCUT2D eigenvalue weighted by molar-refractivity contribution is 6.42. The summed E-state index contributed by atoms with van der Waals surface area (Å²) in [6.07, 6.45) is 0. The number of amides is 1. The highest BCUT2D eigenvalue weighted by Gasteiger charge is 2.13. The van der Waals surface area contributed by atoms with E-state index in [1.165, 1.54) is 12.1 Å². The molecule has 6 heteroatoms. The maximum Gasteiger partial charge on any atom is 0.259 e. The number of benzene rings is 2. The van der Waals surface area contributed by atoms with Crippen molar-refractivity contribution in [1.29, 1.82) is 0 Å². The van der Waals surface area contributed by atoms with Crippen LogP contribution in [0.25, 0.3) is 0 Å². The number of halogens is 3. The van der Waals surface area contributed by atoms with Gasteiger partial charge in [0.05, 0.1) is 15.6 Å². The number of carbonyl (C=O) groups excluding carboxylic acids is 1. The predicted octanol–water partition coefficient (Wildman–Crippen LogP) is 4.09. The second-order valence-electron chi connectivity index (χ2n) is 3.74. The SMILES string of the molecule is O=C(Nc1ccc(Cl)c(Cl)c1)c1cc(F)ccc1O. The first kappa shape index (κ1) is 13.6. The van der Waals surface area contributed by atoms with Crippen LogP contribution in [0.1, 0.15) is 10.4 Å². The van der Waals surface area contributed by atoms with Gasteiger partial charge >= 0.3 is 0 Å². The lowest BCUT2D eigenvalue weighted by molar-refractivity contribution is 0.102. The van der Waals surface area contributed by atoms with Crippen molar-refractivity contribution in [2.24, 2.45) is 0 Å². The molecule has 0 aliphatic rings. The zero-order valence-electron chi connectivity index (χ0n) is 9.45. The van der Waals surface area contributed by atoms with E-state index >= 15 is 0 Å². The van der Waals surface area contributed by atoms with Crippen LogP contribution in [-0.4, -0.2) is 11.0 Å². The molecule has 0 fully saturated rings. The fourth-order valence-corrected chi connectivity index (χ4v) is 1.76. The van der Waals surface area contributed by atoms with Crippen LogP contribution in [-0.2, 0) is 0 Å². The smallest absolute Gasteiger partial charge is 0.259 e. The van der Waals surface area contributed by atoms with Gasteiger partial charge in [-0.05, 0) is 36.4 Å². The summed E-state index contributed by atoms with van der Waals surface area (Å²) in [5, 5.41) is 12.6. The van der Waals surface area contributed by atoms with Gasteiger partial charge < -0.3 is 10.4 Å². The normalized spacial score (nSPS) is 10.3. The molecular formula is C13H8Cl2FNO2. The lowest BCUT2D eigenvalue weighted by Gasteiger charge is -2.07. The van der Waals surface area contributed by atoms with E-state index in [1.807, 2.05) is 0 Å². The molecule has 0 heterocycles. The Balaban J connectivity index is 2.25. The van der Waals surface area contributed by atoms with Gasteiger partial charge in [0, 0.05) is 5.69 Å². The fourth-order valence-electron chi connectivity index (χ4n) is 1.46. The molecule has 0 saturated carbocycles. The summed E-state index contributed by atoms with van der Waals surface area (Å²) in [7, 11) is 0. The first-order chi connectivity index (χ1) is 8.97. The number of carbonyl (C=O) groups is 1. The van der Waals surface area contributed by atoms with Crippen LogP contribution in [0.3, 0.4) is 0 Å². The van der Waals surface area contributed by atoms with Crippen molar-refractivity contribution in [2.75, 3.05) is 5.32 Å². The Hall–Kier alpha value is -1.78. The van der Waals surface area contributed by atoms with Crippen molar-refractivity contribution in [3.8, 4) is 5.75 Å². The summed E-state index contributed by atoms with van der Waals surface area (Å²) < 4.78 is 13.0. The molecule has 3 nitrogen and oxygen atoms in total. The zero-order chi connectivity index (χ0) is 14.0. The molecular weight excluding hydrogens is 292 g/mol. The van der Waals surface area contributed by atoms with Crippen LogP contribution < -0.4 is 5.32 Å². The summed E-state index contributed by atoms with van der Waals surface area (Å²) in [6.45, 7) is 0. The van der Waals surface area contributed by atoms with E-state index in [0.29, 0.717) is 10.7 Å². The minimum absolute atomic E-state index is 0.161. The number of hydrogen-bond acceptors (Lipinski definition) is 2. The van der Waals surface area contributed by atoms with Crippen molar-refractivity contribution in [3.05, 3.63) is 57.8 Å². The van der Waals surface area contributed by atoms with E-state index < -0.39 is 11.7 Å². The monoisotopic (exact) mass is 299 g/mol. The van der Waals surface area contributed by atoms with Crippen LogP contribution >= 0.6 is 23.2 Å². The summed E-state index contributed by atoms with van der Waals surface area (Å²) in [4.78, 5) is 11.9. The Morgan fingerprint density at radius 1 is 1.11 bits per heavy atom. The van der Waals surface area contributed by atoms with E-state index in [4.69, 9.17) is 23.2 Å². The first-order valence-electron chi connectivity index (χ1n) is 5.22. The molecule has 0 atom stereocenters. The van der Waals surface area contributed by atoms with E-state index in [0.717, 1.165) is 18.2 Å². The number of rotatable bonds is 2. The molecule has 0 aliphatic carbocycles. The molecule has 2 aromatic carbocycles. The third-order valence-electron chi connectivity index (χ3n) is 2.38. The van der Waals surface area contributed by atoms with Crippen LogP contribution in [0.5, 0.6) is 5.75 Å². The van der Waals surface area contributed by atoms with E-state index in [2.05, 4.69) is 5.32 Å². The fraction of sp³-hybridized carbons (Fsp3) is 0. The summed E-state index contributed by atoms with van der Waals surface area (Å²) in [6, 6.07) is 7.64. The molecule has 19 heavy (non-hydrogen) atoms. The molecule has 0 bridgehead atoms. The predicted molar refractivity (Wildman–Crippen MR) is 72.5 cm³/mol. The van der Waals surface area contributed by atoms with Gasteiger partial charge in [0.2, 0.25) is 0 Å². The number of anilines is 1.